The number of nitrogens with zero attached hydrogens (tertiary/aromatic N) is 3. The van der Waals surface area contributed by atoms with Gasteiger partial charge >= 0.3 is 0 Å². The number of aliphatic hydroxyl groups is 1. The third-order valence-electron chi connectivity index (χ3n) is 4.08. The lowest BCUT2D eigenvalue weighted by Crippen LogP contribution is -2.42. The second-order valence-electron chi connectivity index (χ2n) is 5.62. The number of aryl methyl sites for hydroxylation is 1. The third-order valence-corrected chi connectivity index (χ3v) is 4.08. The van der Waals surface area contributed by atoms with Gasteiger partial charge in [-0.15, -0.1) is 0 Å². The quantitative estimate of drug-likeness (QED) is 0.936. The Balaban J connectivity index is 1.75. The summed E-state index contributed by atoms with van der Waals surface area (Å²) in [6, 6.07) is 9.96. The number of aromatic nitrogens is 2. The van der Waals surface area contributed by atoms with E-state index in [0.29, 0.717) is 18.3 Å². The molecule has 1 aromatic carbocycles. The van der Waals surface area contributed by atoms with Gasteiger partial charge in [0.2, 0.25) is 5.89 Å². The molecule has 0 spiro atoms. The fourth-order valence-electron chi connectivity index (χ4n) is 3.02. The van der Waals surface area contributed by atoms with Crippen molar-refractivity contribution in [3.63, 3.8) is 0 Å². The lowest BCUT2D eigenvalue weighted by molar-refractivity contribution is 0.0151. The number of aliphatic hydroxyl groups excluding tert-OH is 1. The van der Waals surface area contributed by atoms with Gasteiger partial charge in [0, 0.05) is 6.04 Å². The molecule has 0 amide bonds. The van der Waals surface area contributed by atoms with Crippen molar-refractivity contribution in [2.75, 3.05) is 6.54 Å². The number of likely N-dealkylation sites (tertiary alicyclic amines) is 1. The molecular weight excluding hydrogens is 266 g/mol. The van der Waals surface area contributed by atoms with Crippen molar-refractivity contribution < 1.29 is 9.63 Å². The van der Waals surface area contributed by atoms with Crippen LogP contribution in [0.5, 0.6) is 0 Å². The number of rotatable bonds is 4. The first-order chi connectivity index (χ1) is 10.2. The lowest BCUT2D eigenvalue weighted by atomic mass is 9.93. The fraction of sp³-hybridized carbons (Fsp3) is 0.500. The Morgan fingerprint density at radius 3 is 2.86 bits per heavy atom. The van der Waals surface area contributed by atoms with E-state index in [4.69, 9.17) is 4.52 Å². The van der Waals surface area contributed by atoms with Crippen molar-refractivity contribution in [1.29, 1.82) is 0 Å². The first kappa shape index (κ1) is 14.2. The maximum atomic E-state index is 10.7. The minimum Gasteiger partial charge on any atom is -0.387 e. The van der Waals surface area contributed by atoms with Gasteiger partial charge in [-0.3, -0.25) is 4.90 Å². The highest BCUT2D eigenvalue weighted by molar-refractivity contribution is 5.19. The monoisotopic (exact) mass is 287 g/mol. The van der Waals surface area contributed by atoms with Crippen LogP contribution in [0.25, 0.3) is 0 Å². The van der Waals surface area contributed by atoms with E-state index in [0.717, 1.165) is 31.4 Å². The van der Waals surface area contributed by atoms with Gasteiger partial charge < -0.3 is 9.63 Å². The Hall–Kier alpha value is -1.72. The number of benzene rings is 1. The third kappa shape index (κ3) is 3.31. The SMILES string of the molecule is Cc1noc(CN2CCCC[C@H]2[C@H](O)c2ccccc2)n1. The molecule has 1 aliphatic heterocycles. The molecular formula is C16H21N3O2. The lowest BCUT2D eigenvalue weighted by Gasteiger charge is -2.37. The second kappa shape index (κ2) is 6.37. The molecule has 0 aliphatic carbocycles. The molecule has 5 nitrogen and oxygen atoms in total. The van der Waals surface area contributed by atoms with Gasteiger partial charge in [0.1, 0.15) is 0 Å². The molecule has 0 unspecified atom stereocenters. The summed E-state index contributed by atoms with van der Waals surface area (Å²) >= 11 is 0. The molecule has 0 bridgehead atoms. The van der Waals surface area contributed by atoms with Crippen LogP contribution in [0.15, 0.2) is 34.9 Å². The van der Waals surface area contributed by atoms with Gasteiger partial charge in [0.15, 0.2) is 5.82 Å². The average Bonchev–Trinajstić information content (AvgIpc) is 2.93. The molecule has 2 aromatic rings. The van der Waals surface area contributed by atoms with Gasteiger partial charge in [-0.25, -0.2) is 0 Å². The molecule has 3 rings (SSSR count). The van der Waals surface area contributed by atoms with Crippen molar-refractivity contribution in [2.45, 2.75) is 44.9 Å². The predicted octanol–water partition coefficient (Wildman–Crippen LogP) is 2.47. The van der Waals surface area contributed by atoms with Crippen molar-refractivity contribution in [3.8, 4) is 0 Å². The van der Waals surface area contributed by atoms with Crippen molar-refractivity contribution in [1.82, 2.24) is 15.0 Å². The Morgan fingerprint density at radius 2 is 2.14 bits per heavy atom. The van der Waals surface area contributed by atoms with Crippen LogP contribution in [0.1, 0.15) is 42.6 Å². The Kier molecular flexibility index (Phi) is 4.31. The summed E-state index contributed by atoms with van der Waals surface area (Å²) in [4.78, 5) is 6.53. The molecule has 2 heterocycles. The van der Waals surface area contributed by atoms with Crippen molar-refractivity contribution >= 4 is 0 Å². The van der Waals surface area contributed by atoms with Gasteiger partial charge in [-0.1, -0.05) is 41.9 Å². The Morgan fingerprint density at radius 1 is 1.33 bits per heavy atom. The zero-order valence-corrected chi connectivity index (χ0v) is 12.3. The van der Waals surface area contributed by atoms with Crippen LogP contribution in [-0.2, 0) is 6.54 Å². The van der Waals surface area contributed by atoms with E-state index in [9.17, 15) is 5.11 Å². The van der Waals surface area contributed by atoms with Crippen molar-refractivity contribution in [2.24, 2.45) is 0 Å². The van der Waals surface area contributed by atoms with E-state index in [2.05, 4.69) is 15.0 Å². The van der Waals surface area contributed by atoms with E-state index in [-0.39, 0.29) is 6.04 Å². The fourth-order valence-corrected chi connectivity index (χ4v) is 3.02. The van der Waals surface area contributed by atoms with Crippen LogP contribution in [-0.4, -0.2) is 32.7 Å². The highest BCUT2D eigenvalue weighted by Gasteiger charge is 2.30. The highest BCUT2D eigenvalue weighted by atomic mass is 16.5. The molecule has 1 aliphatic rings. The smallest absolute Gasteiger partial charge is 0.240 e. The summed E-state index contributed by atoms with van der Waals surface area (Å²) in [5.74, 6) is 1.28. The maximum absolute atomic E-state index is 10.7. The van der Waals surface area contributed by atoms with E-state index in [1.54, 1.807) is 0 Å². The number of hydrogen-bond acceptors (Lipinski definition) is 5. The van der Waals surface area contributed by atoms with Crippen LogP contribution in [0.2, 0.25) is 0 Å². The number of piperidine rings is 1. The van der Waals surface area contributed by atoms with Gasteiger partial charge in [-0.2, -0.15) is 4.98 Å². The summed E-state index contributed by atoms with van der Waals surface area (Å²) in [6.45, 7) is 3.38. The Bertz CT molecular complexity index is 570. The maximum Gasteiger partial charge on any atom is 0.240 e. The van der Waals surface area contributed by atoms with Crippen LogP contribution in [0.4, 0.5) is 0 Å². The van der Waals surface area contributed by atoms with Gasteiger partial charge in [0.05, 0.1) is 12.6 Å². The standard InChI is InChI=1S/C16H21N3O2/c1-12-17-15(21-18-12)11-19-10-6-5-9-14(19)16(20)13-7-3-2-4-8-13/h2-4,7-8,14,16,20H,5-6,9-11H2,1H3/t14-,16+/m0/s1. The zero-order valence-electron chi connectivity index (χ0n) is 12.3. The summed E-state index contributed by atoms with van der Waals surface area (Å²) < 4.78 is 5.22. The molecule has 0 radical (unpaired) electrons. The summed E-state index contributed by atoms with van der Waals surface area (Å²) in [5.41, 5.74) is 0.969. The van der Waals surface area contributed by atoms with Gasteiger partial charge in [-0.05, 0) is 31.9 Å². The minimum atomic E-state index is -0.476. The number of hydrogen-bond donors (Lipinski definition) is 1. The van der Waals surface area contributed by atoms with Crippen LogP contribution in [0.3, 0.4) is 0 Å². The van der Waals surface area contributed by atoms with Gasteiger partial charge in [0.25, 0.3) is 0 Å². The van der Waals surface area contributed by atoms with E-state index in [1.165, 1.54) is 0 Å². The molecule has 1 fully saturated rings. The highest BCUT2D eigenvalue weighted by Crippen LogP contribution is 2.29. The molecule has 1 N–H and O–H groups in total. The van der Waals surface area contributed by atoms with Crippen LogP contribution < -0.4 is 0 Å². The first-order valence-corrected chi connectivity index (χ1v) is 7.50. The molecule has 112 valence electrons. The molecule has 1 saturated heterocycles. The summed E-state index contributed by atoms with van der Waals surface area (Å²) in [7, 11) is 0. The molecule has 2 atom stereocenters. The van der Waals surface area contributed by atoms with E-state index < -0.39 is 6.10 Å². The molecule has 1 aromatic heterocycles. The topological polar surface area (TPSA) is 62.4 Å². The predicted molar refractivity (Wildman–Crippen MR) is 78.5 cm³/mol. The Labute approximate surface area is 124 Å². The summed E-state index contributed by atoms with van der Waals surface area (Å²) in [5, 5.41) is 14.5. The van der Waals surface area contributed by atoms with E-state index in [1.807, 2.05) is 37.3 Å². The molecule has 21 heavy (non-hydrogen) atoms. The summed E-state index contributed by atoms with van der Waals surface area (Å²) in [6.07, 6.45) is 2.80. The molecule has 5 heteroatoms. The second-order valence-corrected chi connectivity index (χ2v) is 5.62. The van der Waals surface area contributed by atoms with Crippen LogP contribution >= 0.6 is 0 Å². The first-order valence-electron chi connectivity index (χ1n) is 7.50. The van der Waals surface area contributed by atoms with Crippen molar-refractivity contribution in [3.05, 3.63) is 47.6 Å². The molecule has 0 saturated carbocycles. The normalized spacial score (nSPS) is 21.3. The largest absolute Gasteiger partial charge is 0.387 e. The van der Waals surface area contributed by atoms with Crippen LogP contribution in [0, 0.1) is 6.92 Å². The minimum absolute atomic E-state index is 0.105. The zero-order chi connectivity index (χ0) is 14.7. The average molecular weight is 287 g/mol. The van der Waals surface area contributed by atoms with E-state index >= 15 is 0 Å².